The SMILES string of the molecule is COC(=O)ON[C@H]1C[C@@H]2CC[C@@H](C)[C@@](O)(O2)C(=O)C(=O)N2CCCC[C@H]2C(=O)O[C@H]([C@H](C)C[C@@H]2CC[C@@H](C(=O)ON(C)O)[C@H](OC)C2)CC(=O)[C@H](C)/C=C(\C)[C@@H](O)[C@@H](OC)C(=O)[C@H](C)C[C@H](C)/C=C/C=C/C=C/1C. The number of piperidine rings is 1. The first-order valence-electron chi connectivity index (χ1n) is 26.1. The molecule has 20 heteroatoms. The molecule has 1 saturated carbocycles. The van der Waals surface area contributed by atoms with Crippen LogP contribution in [-0.4, -0.2) is 150 Å². The number of esters is 1. The Hall–Kier alpha value is -4.67. The molecule has 3 heterocycles. The van der Waals surface area contributed by atoms with Crippen molar-refractivity contribution in [3.8, 4) is 0 Å². The molecule has 15 atom stereocenters. The highest BCUT2D eigenvalue weighted by atomic mass is 16.9. The van der Waals surface area contributed by atoms with Gasteiger partial charge in [0.1, 0.15) is 30.1 Å². The molecule has 0 unspecified atom stereocenters. The zero-order valence-corrected chi connectivity index (χ0v) is 45.2. The Bertz CT molecular complexity index is 2070. The van der Waals surface area contributed by atoms with Crippen LogP contribution in [0.1, 0.15) is 126 Å². The van der Waals surface area contributed by atoms with Crippen LogP contribution in [0.3, 0.4) is 0 Å². The Labute approximate surface area is 436 Å². The van der Waals surface area contributed by atoms with E-state index in [9.17, 15) is 49.0 Å². The Kier molecular flexibility index (Phi) is 24.3. The lowest BCUT2D eigenvalue weighted by molar-refractivity contribution is -0.306. The summed E-state index contributed by atoms with van der Waals surface area (Å²) in [6.45, 7) is 12.2. The molecule has 74 heavy (non-hydrogen) atoms. The minimum absolute atomic E-state index is 0.00316. The van der Waals surface area contributed by atoms with Crippen molar-refractivity contribution in [2.24, 2.45) is 41.4 Å². The van der Waals surface area contributed by atoms with E-state index in [1.165, 1.54) is 21.3 Å². The summed E-state index contributed by atoms with van der Waals surface area (Å²) in [5, 5.41) is 33.5. The van der Waals surface area contributed by atoms with Crippen molar-refractivity contribution in [2.45, 2.75) is 174 Å². The van der Waals surface area contributed by atoms with Gasteiger partial charge in [-0.05, 0) is 113 Å². The second kappa shape index (κ2) is 29.0. The van der Waals surface area contributed by atoms with Crippen molar-refractivity contribution >= 4 is 41.4 Å². The average Bonchev–Trinajstić information content (AvgIpc) is 3.36. The summed E-state index contributed by atoms with van der Waals surface area (Å²) in [5.74, 6) is -10.4. The van der Waals surface area contributed by atoms with Gasteiger partial charge in [0.15, 0.2) is 5.78 Å². The maximum absolute atomic E-state index is 14.5. The average molecular weight is 1050 g/mol. The number of hydrogen-bond acceptors (Lipinski definition) is 19. The maximum atomic E-state index is 14.5. The van der Waals surface area contributed by atoms with E-state index in [0.717, 1.165) is 12.0 Å². The van der Waals surface area contributed by atoms with E-state index in [1.807, 2.05) is 26.0 Å². The molecule has 0 radical (unpaired) electrons. The molecule has 0 spiro atoms. The fraction of sp³-hybridized carbons (Fsp3) is 0.722. The van der Waals surface area contributed by atoms with Gasteiger partial charge in [0.05, 0.1) is 38.3 Å². The Morgan fingerprint density at radius 2 is 1.64 bits per heavy atom. The molecule has 3 fully saturated rings. The van der Waals surface area contributed by atoms with Crippen LogP contribution in [0.2, 0.25) is 0 Å². The highest BCUT2D eigenvalue weighted by molar-refractivity contribution is 6.39. The number of hydrogen-bond donors (Lipinski definition) is 4. The molecule has 3 aliphatic heterocycles. The predicted octanol–water partition coefficient (Wildman–Crippen LogP) is 5.86. The van der Waals surface area contributed by atoms with E-state index < -0.39 is 108 Å². The van der Waals surface area contributed by atoms with Gasteiger partial charge in [-0.2, -0.15) is 0 Å². The van der Waals surface area contributed by atoms with Gasteiger partial charge in [-0.15, -0.1) is 5.48 Å². The first kappa shape index (κ1) is 61.9. The molecule has 2 bridgehead atoms. The topological polar surface area (TPSA) is 263 Å². The van der Waals surface area contributed by atoms with Crippen LogP contribution in [-0.2, 0) is 62.1 Å². The Morgan fingerprint density at radius 1 is 0.919 bits per heavy atom. The number of rotatable bonds is 9. The molecule has 4 aliphatic rings. The summed E-state index contributed by atoms with van der Waals surface area (Å²) in [4.78, 5) is 107. The number of hydroxylamine groups is 3. The van der Waals surface area contributed by atoms with Gasteiger partial charge in [-0.3, -0.25) is 24.4 Å². The molecular weight excluding hydrogens is 963 g/mol. The van der Waals surface area contributed by atoms with Crippen LogP contribution < -0.4 is 5.48 Å². The van der Waals surface area contributed by atoms with Crippen molar-refractivity contribution in [1.82, 2.24) is 15.6 Å². The lowest BCUT2D eigenvalue weighted by Gasteiger charge is -2.43. The summed E-state index contributed by atoms with van der Waals surface area (Å²) in [5.41, 5.74) is 3.70. The number of carbonyl (C=O) groups is 7. The molecule has 416 valence electrons. The summed E-state index contributed by atoms with van der Waals surface area (Å²) in [6.07, 6.45) is 8.50. The standard InChI is InChI=1S/C54H83N3O17/c1-31-17-13-12-14-18-32(2)41(55-73-53(65)70-11)29-39-22-20-37(7)54(66,72-39)49(61)50(62)57-24-16-15-19-42(57)52(64)71-44(34(4)27-38-21-23-40(45(28-38)68-9)51(63)74-56(8)67)30-43(58)33(3)26-36(6)47(60)48(69-10)46(59)35(5)25-31/h12-14,17-18,26,31,33-35,37-42,44-45,47-48,55,60,66-67H,15-16,19-25,27-30H2,1-11H3/b14-12+,17-13+,32-18+,36-26+/t31-,33-,34-,35-,37-,38+,39+,40-,41+,42+,44+,45-,47-,48+,54-/m1/s1. The Balaban J connectivity index is 1.73. The van der Waals surface area contributed by atoms with Crippen LogP contribution in [0.15, 0.2) is 47.6 Å². The smallest absolute Gasteiger partial charge is 0.460 e. The third-order valence-corrected chi connectivity index (χ3v) is 15.3. The zero-order valence-electron chi connectivity index (χ0n) is 45.2. The normalized spacial score (nSPS) is 36.8. The number of aliphatic hydroxyl groups excluding tert-OH is 1. The van der Waals surface area contributed by atoms with Gasteiger partial charge in [0.25, 0.3) is 11.7 Å². The van der Waals surface area contributed by atoms with Gasteiger partial charge in [-0.25, -0.2) is 14.4 Å². The number of nitrogens with one attached hydrogen (secondary N) is 1. The first-order valence-corrected chi connectivity index (χ1v) is 26.1. The zero-order chi connectivity index (χ0) is 55.0. The monoisotopic (exact) mass is 1050 g/mol. The Morgan fingerprint density at radius 3 is 2.30 bits per heavy atom. The van der Waals surface area contributed by atoms with Crippen LogP contribution in [0.5, 0.6) is 0 Å². The highest BCUT2D eigenvalue weighted by Gasteiger charge is 2.53. The number of aliphatic hydroxyl groups is 2. The molecule has 0 aromatic rings. The van der Waals surface area contributed by atoms with Crippen molar-refractivity contribution in [1.29, 1.82) is 0 Å². The second-order valence-electron chi connectivity index (χ2n) is 21.0. The third kappa shape index (κ3) is 16.9. The van der Waals surface area contributed by atoms with E-state index in [2.05, 4.69) is 10.2 Å². The van der Waals surface area contributed by atoms with E-state index in [-0.39, 0.29) is 55.6 Å². The number of carbonyl (C=O) groups excluding carboxylic acids is 7. The molecule has 4 rings (SSSR count). The quantitative estimate of drug-likeness (QED) is 0.0912. The number of ketones is 3. The first-order chi connectivity index (χ1) is 34.9. The van der Waals surface area contributed by atoms with Crippen LogP contribution >= 0.6 is 0 Å². The van der Waals surface area contributed by atoms with E-state index in [1.54, 1.807) is 58.9 Å². The van der Waals surface area contributed by atoms with E-state index >= 15 is 0 Å². The highest BCUT2D eigenvalue weighted by Crippen LogP contribution is 2.39. The molecule has 1 amide bonds. The number of Topliss-reactive ketones (excluding diaryl/α,β-unsaturated/α-hetero) is 3. The minimum Gasteiger partial charge on any atom is -0.460 e. The lowest BCUT2D eigenvalue weighted by Crippen LogP contribution is -2.61. The molecule has 4 N–H and O–H groups in total. The van der Waals surface area contributed by atoms with Gasteiger partial charge >= 0.3 is 18.1 Å². The largest absolute Gasteiger partial charge is 0.527 e. The molecule has 2 saturated heterocycles. The second-order valence-corrected chi connectivity index (χ2v) is 21.0. The van der Waals surface area contributed by atoms with Gasteiger partial charge in [0.2, 0.25) is 5.79 Å². The summed E-state index contributed by atoms with van der Waals surface area (Å²) < 4.78 is 28.4. The van der Waals surface area contributed by atoms with Crippen LogP contribution in [0.4, 0.5) is 4.79 Å². The van der Waals surface area contributed by atoms with Crippen LogP contribution in [0, 0.1) is 41.4 Å². The molecular formula is C54H83N3O17. The number of amides is 1. The van der Waals surface area contributed by atoms with E-state index in [4.69, 9.17) is 28.6 Å². The van der Waals surface area contributed by atoms with Crippen molar-refractivity contribution in [3.05, 3.63) is 47.6 Å². The van der Waals surface area contributed by atoms with Gasteiger partial charge < -0.3 is 48.5 Å². The van der Waals surface area contributed by atoms with Crippen molar-refractivity contribution in [2.75, 3.05) is 34.9 Å². The number of cyclic esters (lactones) is 1. The van der Waals surface area contributed by atoms with Gasteiger partial charge in [-0.1, -0.05) is 76.6 Å². The summed E-state index contributed by atoms with van der Waals surface area (Å²) in [6, 6.07) is -1.95. The molecule has 0 aromatic carbocycles. The van der Waals surface area contributed by atoms with Crippen molar-refractivity contribution < 1.29 is 82.3 Å². The molecule has 0 aromatic heterocycles. The summed E-state index contributed by atoms with van der Waals surface area (Å²) in [7, 11) is 5.16. The number of allylic oxidation sites excluding steroid dienone is 6. The minimum atomic E-state index is -2.58. The molecule has 20 nitrogen and oxygen atoms in total. The number of methoxy groups -OCH3 is 3. The molecule has 1 aliphatic carbocycles. The van der Waals surface area contributed by atoms with Crippen LogP contribution in [0.25, 0.3) is 0 Å². The maximum Gasteiger partial charge on any atom is 0.527 e. The fourth-order valence-corrected chi connectivity index (χ4v) is 10.7. The van der Waals surface area contributed by atoms with E-state index in [0.29, 0.717) is 67.7 Å². The number of ether oxygens (including phenoxy) is 5. The summed E-state index contributed by atoms with van der Waals surface area (Å²) >= 11 is 0. The predicted molar refractivity (Wildman–Crippen MR) is 268 cm³/mol. The fourth-order valence-electron chi connectivity index (χ4n) is 10.7. The van der Waals surface area contributed by atoms with Crippen molar-refractivity contribution in [3.63, 3.8) is 0 Å². The number of fused-ring (bicyclic) bond motifs is 3. The van der Waals surface area contributed by atoms with Gasteiger partial charge in [0, 0.05) is 44.9 Å². The number of nitrogens with zero attached hydrogens (tertiary/aromatic N) is 2. The third-order valence-electron chi connectivity index (χ3n) is 15.3. The lowest BCUT2D eigenvalue weighted by atomic mass is 9.75.